The predicted octanol–water partition coefficient (Wildman–Crippen LogP) is -0.990. The third-order valence-corrected chi connectivity index (χ3v) is 1.84. The number of aliphatic hydroxyl groups is 1. The van der Waals surface area contributed by atoms with Gasteiger partial charge in [-0.05, 0) is 20.0 Å². The first-order chi connectivity index (χ1) is 4.20. The van der Waals surface area contributed by atoms with Crippen molar-refractivity contribution in [2.75, 3.05) is 20.1 Å². The molecule has 1 aliphatic heterocycles. The van der Waals surface area contributed by atoms with E-state index in [9.17, 15) is 5.11 Å². The Labute approximate surface area is 55.5 Å². The molecule has 1 fully saturated rings. The summed E-state index contributed by atoms with van der Waals surface area (Å²) in [5.41, 5.74) is 5.56. The zero-order valence-electron chi connectivity index (χ0n) is 5.75. The van der Waals surface area contributed by atoms with Crippen LogP contribution in [0.1, 0.15) is 6.42 Å². The first kappa shape index (κ1) is 6.99. The first-order valence-corrected chi connectivity index (χ1v) is 3.32. The van der Waals surface area contributed by atoms with Gasteiger partial charge in [-0.25, -0.2) is 0 Å². The van der Waals surface area contributed by atoms with E-state index >= 15 is 0 Å². The number of hydrogen-bond donors (Lipinski definition) is 2. The summed E-state index contributed by atoms with van der Waals surface area (Å²) in [6, 6.07) is 0.00111. The fourth-order valence-electron chi connectivity index (χ4n) is 1.11. The maximum Gasteiger partial charge on any atom is 0.0818 e. The Kier molecular flexibility index (Phi) is 2.05. The van der Waals surface area contributed by atoms with E-state index in [1.54, 1.807) is 0 Å². The maximum atomic E-state index is 9.18. The summed E-state index contributed by atoms with van der Waals surface area (Å²) in [5.74, 6) is 0. The van der Waals surface area contributed by atoms with Crippen LogP contribution in [0.3, 0.4) is 0 Å². The van der Waals surface area contributed by atoms with E-state index in [1.807, 2.05) is 7.05 Å². The quantitative estimate of drug-likeness (QED) is 0.442. The van der Waals surface area contributed by atoms with Gasteiger partial charge in [0.1, 0.15) is 0 Å². The van der Waals surface area contributed by atoms with Gasteiger partial charge in [0.15, 0.2) is 0 Å². The van der Waals surface area contributed by atoms with Gasteiger partial charge in [-0.3, -0.25) is 0 Å². The van der Waals surface area contributed by atoms with Crippen LogP contribution in [-0.2, 0) is 0 Å². The molecule has 0 saturated carbocycles. The Balaban J connectivity index is 2.35. The number of nitrogens with zero attached hydrogens (tertiary/aromatic N) is 1. The van der Waals surface area contributed by atoms with Crippen molar-refractivity contribution in [1.82, 2.24) is 4.90 Å². The van der Waals surface area contributed by atoms with Crippen LogP contribution >= 0.6 is 0 Å². The molecule has 0 aromatic rings. The lowest BCUT2D eigenvalue weighted by molar-refractivity contribution is 0.0661. The molecule has 54 valence electrons. The minimum Gasteiger partial charge on any atom is -0.390 e. The Hall–Kier alpha value is -0.120. The minimum absolute atomic E-state index is 0.00111. The second-order valence-corrected chi connectivity index (χ2v) is 2.78. The molecule has 0 aliphatic carbocycles. The molecule has 0 unspecified atom stereocenters. The SMILES string of the molecule is CN1CC[C@H](N)[C@@H](O)C1. The number of likely N-dealkylation sites (tertiary alicyclic amines) is 1. The van der Waals surface area contributed by atoms with Gasteiger partial charge in [-0.1, -0.05) is 0 Å². The molecule has 1 rings (SSSR count). The molecular formula is C6H14N2O. The van der Waals surface area contributed by atoms with Crippen molar-refractivity contribution < 1.29 is 5.11 Å². The smallest absolute Gasteiger partial charge is 0.0818 e. The van der Waals surface area contributed by atoms with Crippen molar-refractivity contribution in [3.63, 3.8) is 0 Å². The standard InChI is InChI=1S/C6H14N2O/c1-8-3-2-5(7)6(9)4-8/h5-6,9H,2-4,7H2,1H3/t5-,6-/m0/s1. The molecule has 3 N–H and O–H groups in total. The number of aliphatic hydroxyl groups excluding tert-OH is 1. The minimum atomic E-state index is -0.316. The van der Waals surface area contributed by atoms with E-state index in [4.69, 9.17) is 5.73 Å². The fourth-order valence-corrected chi connectivity index (χ4v) is 1.11. The average Bonchev–Trinajstić information content (AvgIpc) is 1.80. The molecule has 1 heterocycles. The van der Waals surface area contributed by atoms with Crippen LogP contribution in [0.5, 0.6) is 0 Å². The summed E-state index contributed by atoms with van der Waals surface area (Å²) in [6.07, 6.45) is 0.598. The van der Waals surface area contributed by atoms with E-state index in [-0.39, 0.29) is 12.1 Å². The molecule has 0 amide bonds. The molecule has 2 atom stereocenters. The van der Waals surface area contributed by atoms with Gasteiger partial charge in [0.25, 0.3) is 0 Å². The van der Waals surface area contributed by atoms with Crippen LogP contribution in [0.15, 0.2) is 0 Å². The number of nitrogens with two attached hydrogens (primary N) is 1. The van der Waals surface area contributed by atoms with Crippen molar-refractivity contribution in [2.24, 2.45) is 5.73 Å². The van der Waals surface area contributed by atoms with Crippen molar-refractivity contribution in [1.29, 1.82) is 0 Å². The molecule has 0 bridgehead atoms. The lowest BCUT2D eigenvalue weighted by Crippen LogP contribution is -2.49. The van der Waals surface area contributed by atoms with Crippen molar-refractivity contribution in [3.8, 4) is 0 Å². The third kappa shape index (κ3) is 1.64. The van der Waals surface area contributed by atoms with Gasteiger partial charge >= 0.3 is 0 Å². The Bertz CT molecular complexity index is 97.1. The highest BCUT2D eigenvalue weighted by atomic mass is 16.3. The average molecular weight is 130 g/mol. The molecule has 0 spiro atoms. The van der Waals surface area contributed by atoms with Crippen LogP contribution < -0.4 is 5.73 Å². The van der Waals surface area contributed by atoms with Crippen molar-refractivity contribution in [2.45, 2.75) is 18.6 Å². The van der Waals surface area contributed by atoms with E-state index in [1.165, 1.54) is 0 Å². The van der Waals surface area contributed by atoms with E-state index in [2.05, 4.69) is 4.90 Å². The second-order valence-electron chi connectivity index (χ2n) is 2.78. The maximum absolute atomic E-state index is 9.18. The number of piperidine rings is 1. The summed E-state index contributed by atoms with van der Waals surface area (Å²) in [4.78, 5) is 2.09. The summed E-state index contributed by atoms with van der Waals surface area (Å²) in [5, 5.41) is 9.18. The van der Waals surface area contributed by atoms with Gasteiger partial charge in [0, 0.05) is 12.6 Å². The van der Waals surface area contributed by atoms with Gasteiger partial charge in [0.05, 0.1) is 6.10 Å². The van der Waals surface area contributed by atoms with Gasteiger partial charge in [-0.15, -0.1) is 0 Å². The molecule has 0 aromatic carbocycles. The largest absolute Gasteiger partial charge is 0.390 e. The number of β-amino-alcohol motifs (C(OH)–C–C–N with tert-alkyl or cyclic N) is 1. The molecule has 0 aromatic heterocycles. The van der Waals surface area contributed by atoms with Gasteiger partial charge in [-0.2, -0.15) is 0 Å². The fraction of sp³-hybridized carbons (Fsp3) is 1.00. The lowest BCUT2D eigenvalue weighted by atomic mass is 10.0. The number of rotatable bonds is 0. The van der Waals surface area contributed by atoms with E-state index in [0.29, 0.717) is 0 Å². The molecule has 3 heteroatoms. The Morgan fingerprint density at radius 2 is 2.33 bits per heavy atom. The Morgan fingerprint density at radius 1 is 1.67 bits per heavy atom. The van der Waals surface area contributed by atoms with Crippen LogP contribution in [0.4, 0.5) is 0 Å². The predicted molar refractivity (Wildman–Crippen MR) is 36.1 cm³/mol. The summed E-state index contributed by atoms with van der Waals surface area (Å²) in [6.45, 7) is 1.74. The Morgan fingerprint density at radius 3 is 2.78 bits per heavy atom. The zero-order chi connectivity index (χ0) is 6.85. The van der Waals surface area contributed by atoms with Crippen LogP contribution in [0.2, 0.25) is 0 Å². The highest BCUT2D eigenvalue weighted by Crippen LogP contribution is 2.05. The van der Waals surface area contributed by atoms with E-state index in [0.717, 1.165) is 19.5 Å². The van der Waals surface area contributed by atoms with Gasteiger partial charge in [0.2, 0.25) is 0 Å². The molecular weight excluding hydrogens is 116 g/mol. The normalized spacial score (nSPS) is 39.0. The summed E-state index contributed by atoms with van der Waals surface area (Å²) < 4.78 is 0. The molecule has 9 heavy (non-hydrogen) atoms. The number of hydrogen-bond acceptors (Lipinski definition) is 3. The first-order valence-electron chi connectivity index (χ1n) is 3.32. The van der Waals surface area contributed by atoms with Crippen molar-refractivity contribution >= 4 is 0 Å². The lowest BCUT2D eigenvalue weighted by Gasteiger charge is -2.31. The molecule has 3 nitrogen and oxygen atoms in total. The second kappa shape index (κ2) is 2.64. The van der Waals surface area contributed by atoms with E-state index < -0.39 is 0 Å². The molecule has 1 aliphatic rings. The van der Waals surface area contributed by atoms with Crippen LogP contribution in [-0.4, -0.2) is 42.3 Å². The van der Waals surface area contributed by atoms with Crippen LogP contribution in [0.25, 0.3) is 0 Å². The topological polar surface area (TPSA) is 49.5 Å². The molecule has 0 radical (unpaired) electrons. The monoisotopic (exact) mass is 130 g/mol. The molecule has 1 saturated heterocycles. The number of likely N-dealkylation sites (N-methyl/N-ethyl adjacent to an activating group) is 1. The summed E-state index contributed by atoms with van der Waals surface area (Å²) >= 11 is 0. The van der Waals surface area contributed by atoms with Crippen LogP contribution in [0, 0.1) is 0 Å². The summed E-state index contributed by atoms with van der Waals surface area (Å²) in [7, 11) is 2.00. The zero-order valence-corrected chi connectivity index (χ0v) is 5.75. The van der Waals surface area contributed by atoms with Gasteiger partial charge < -0.3 is 15.7 Å². The highest BCUT2D eigenvalue weighted by molar-refractivity contribution is 4.80. The van der Waals surface area contributed by atoms with Crippen molar-refractivity contribution in [3.05, 3.63) is 0 Å². The third-order valence-electron chi connectivity index (χ3n) is 1.84. The highest BCUT2D eigenvalue weighted by Gasteiger charge is 2.21.